The van der Waals surface area contributed by atoms with Crippen molar-refractivity contribution in [3.05, 3.63) is 47.6 Å². The highest BCUT2D eigenvalue weighted by atomic mass is 35.5. The van der Waals surface area contributed by atoms with E-state index in [4.69, 9.17) is 16.7 Å². The largest absolute Gasteiger partial charge is 0.354 e. The van der Waals surface area contributed by atoms with Gasteiger partial charge in [0.1, 0.15) is 15.6 Å². The van der Waals surface area contributed by atoms with Crippen LogP contribution in [0.1, 0.15) is 6.42 Å². The summed E-state index contributed by atoms with van der Waals surface area (Å²) in [6.45, 7) is 0.922. The van der Waals surface area contributed by atoms with E-state index in [1.54, 1.807) is 6.07 Å². The number of anilines is 1. The molecule has 0 radical (unpaired) electrons. The van der Waals surface area contributed by atoms with Crippen LogP contribution < -0.4 is 20.1 Å². The zero-order chi connectivity index (χ0) is 21.2. The predicted molar refractivity (Wildman–Crippen MR) is 107 cm³/mol. The molecule has 2 amide bonds. The molecule has 0 saturated carbocycles. The lowest BCUT2D eigenvalue weighted by Crippen LogP contribution is -2.45. The summed E-state index contributed by atoms with van der Waals surface area (Å²) in [6.07, 6.45) is 1.71. The van der Waals surface area contributed by atoms with Gasteiger partial charge < -0.3 is 10.2 Å². The summed E-state index contributed by atoms with van der Waals surface area (Å²) >= 11 is 5.88. The van der Waals surface area contributed by atoms with Crippen LogP contribution in [0.3, 0.4) is 0 Å². The number of aromatic nitrogens is 1. The Balaban J connectivity index is 1.60. The number of benzene rings is 1. The number of halogens is 1. The first-order valence-electron chi connectivity index (χ1n) is 8.38. The van der Waals surface area contributed by atoms with Gasteiger partial charge in [-0.25, -0.2) is 36.5 Å². The molecule has 1 aromatic carbocycles. The van der Waals surface area contributed by atoms with E-state index in [0.29, 0.717) is 25.3 Å². The van der Waals surface area contributed by atoms with Crippen molar-refractivity contribution >= 4 is 43.5 Å². The molecule has 1 aliphatic heterocycles. The molecule has 13 heteroatoms. The van der Waals surface area contributed by atoms with Crippen LogP contribution in [0, 0.1) is 0 Å². The second-order valence-corrected chi connectivity index (χ2v) is 9.96. The van der Waals surface area contributed by atoms with E-state index < -0.39 is 26.1 Å². The highest BCUT2D eigenvalue weighted by molar-refractivity contribution is 7.90. The van der Waals surface area contributed by atoms with E-state index in [9.17, 15) is 21.6 Å². The van der Waals surface area contributed by atoms with Crippen LogP contribution >= 0.6 is 11.6 Å². The fourth-order valence-electron chi connectivity index (χ4n) is 2.87. The minimum atomic E-state index is -4.10. The Hall–Kier alpha value is -2.41. The van der Waals surface area contributed by atoms with Crippen molar-refractivity contribution in [1.82, 2.24) is 15.0 Å². The number of hydrogen-bond acceptors (Lipinski definition) is 7. The second kappa shape index (κ2) is 8.14. The molecule has 1 aliphatic rings. The Morgan fingerprint density at radius 3 is 2.52 bits per heavy atom. The fourth-order valence-corrected chi connectivity index (χ4v) is 4.76. The summed E-state index contributed by atoms with van der Waals surface area (Å²) in [6, 6.07) is 7.47. The third kappa shape index (κ3) is 5.15. The average Bonchev–Trinajstić information content (AvgIpc) is 3.09. The van der Waals surface area contributed by atoms with Gasteiger partial charge in [0.25, 0.3) is 10.0 Å². The van der Waals surface area contributed by atoms with Gasteiger partial charge in [-0.05, 0) is 30.7 Å². The highest BCUT2D eigenvalue weighted by Gasteiger charge is 2.27. The monoisotopic (exact) mass is 459 g/mol. The molecule has 0 bridgehead atoms. The molecule has 0 spiro atoms. The number of amides is 2. The maximum atomic E-state index is 12.3. The van der Waals surface area contributed by atoms with Gasteiger partial charge in [0, 0.05) is 25.3 Å². The Morgan fingerprint density at radius 1 is 1.17 bits per heavy atom. The maximum Gasteiger partial charge on any atom is 0.328 e. The Morgan fingerprint density at radius 2 is 1.90 bits per heavy atom. The zero-order valence-corrected chi connectivity index (χ0v) is 17.3. The number of hydrogen-bond donors (Lipinski definition) is 3. The lowest BCUT2D eigenvalue weighted by Gasteiger charge is -2.18. The first-order valence-corrected chi connectivity index (χ1v) is 11.8. The molecule has 0 unspecified atom stereocenters. The quantitative estimate of drug-likeness (QED) is 0.593. The third-order valence-electron chi connectivity index (χ3n) is 4.25. The molecule has 2 aromatic rings. The lowest BCUT2D eigenvalue weighted by molar-refractivity contribution is 0.243. The van der Waals surface area contributed by atoms with Crippen molar-refractivity contribution in [1.29, 1.82) is 0 Å². The molecule has 1 saturated heterocycles. The van der Waals surface area contributed by atoms with Gasteiger partial charge in [0.2, 0.25) is 10.0 Å². The first kappa shape index (κ1) is 21.3. The summed E-state index contributed by atoms with van der Waals surface area (Å²) in [7, 11) is -7.93. The summed E-state index contributed by atoms with van der Waals surface area (Å²) in [4.78, 5) is 17.8. The number of carbonyl (C=O) groups excluding carboxylic acids is 1. The predicted octanol–water partition coefficient (Wildman–Crippen LogP) is 0.649. The van der Waals surface area contributed by atoms with Crippen molar-refractivity contribution < 1.29 is 21.6 Å². The van der Waals surface area contributed by atoms with Crippen LogP contribution in [0.2, 0.25) is 5.02 Å². The van der Waals surface area contributed by atoms with Crippen LogP contribution in [0.25, 0.3) is 0 Å². The molecule has 156 valence electrons. The van der Waals surface area contributed by atoms with E-state index in [1.807, 2.05) is 9.62 Å². The van der Waals surface area contributed by atoms with E-state index >= 15 is 0 Å². The Kier molecular flexibility index (Phi) is 5.98. The van der Waals surface area contributed by atoms with Crippen LogP contribution in [-0.2, 0) is 20.0 Å². The van der Waals surface area contributed by atoms with Crippen molar-refractivity contribution in [2.75, 3.05) is 18.0 Å². The molecular formula is C16H18ClN5O5S2. The molecule has 2 heterocycles. The van der Waals surface area contributed by atoms with Gasteiger partial charge in [-0.3, -0.25) is 0 Å². The van der Waals surface area contributed by atoms with Crippen molar-refractivity contribution in [2.45, 2.75) is 22.3 Å². The van der Waals surface area contributed by atoms with Crippen LogP contribution in [-0.4, -0.2) is 47.0 Å². The minimum Gasteiger partial charge on any atom is -0.354 e. The molecule has 3 rings (SSSR count). The van der Waals surface area contributed by atoms with Gasteiger partial charge in [0.05, 0.1) is 5.02 Å². The fraction of sp³-hybridized carbons (Fsp3) is 0.250. The molecule has 1 atom stereocenters. The summed E-state index contributed by atoms with van der Waals surface area (Å²) in [5.41, 5.74) is 0. The number of nitrogens with two attached hydrogens (primary N) is 1. The van der Waals surface area contributed by atoms with Crippen LogP contribution in [0.5, 0.6) is 0 Å². The summed E-state index contributed by atoms with van der Waals surface area (Å²) in [5, 5.41) is 7.66. The van der Waals surface area contributed by atoms with Crippen molar-refractivity contribution in [3.8, 4) is 0 Å². The smallest absolute Gasteiger partial charge is 0.328 e. The minimum absolute atomic E-state index is 0.00820. The van der Waals surface area contributed by atoms with Gasteiger partial charge in [-0.2, -0.15) is 0 Å². The molecule has 1 aromatic heterocycles. The Labute approximate surface area is 173 Å². The molecule has 10 nitrogen and oxygen atoms in total. The number of sulfonamides is 2. The maximum absolute atomic E-state index is 12.3. The summed E-state index contributed by atoms with van der Waals surface area (Å²) < 4.78 is 49.1. The lowest BCUT2D eigenvalue weighted by atomic mass is 10.3. The van der Waals surface area contributed by atoms with Crippen molar-refractivity contribution in [2.24, 2.45) is 5.14 Å². The van der Waals surface area contributed by atoms with E-state index in [2.05, 4.69) is 10.3 Å². The van der Waals surface area contributed by atoms with E-state index in [1.165, 1.54) is 30.3 Å². The number of primary sulfonamides is 1. The van der Waals surface area contributed by atoms with Gasteiger partial charge in [-0.1, -0.05) is 23.7 Å². The van der Waals surface area contributed by atoms with E-state index in [0.717, 1.165) is 6.20 Å². The number of rotatable bonds is 5. The molecule has 1 fully saturated rings. The molecule has 29 heavy (non-hydrogen) atoms. The average molecular weight is 460 g/mol. The van der Waals surface area contributed by atoms with Crippen LogP contribution in [0.15, 0.2) is 52.4 Å². The standard InChI is InChI=1S/C16H18ClN5O5S2/c17-13-3-1-2-4-14(13)29(26,27)21-16(23)20-11-7-8-22(10-11)15-6-5-12(9-19-15)28(18,24)25/h1-6,9,11H,7-8,10H2,(H2,18,24,25)(H2,20,21,23)/t11-/m1/s1. The molecule has 4 N–H and O–H groups in total. The normalized spacial score (nSPS) is 17.2. The third-order valence-corrected chi connectivity index (χ3v) is 6.98. The topological polar surface area (TPSA) is 152 Å². The second-order valence-electron chi connectivity index (χ2n) is 6.34. The molecule has 0 aliphatic carbocycles. The zero-order valence-electron chi connectivity index (χ0n) is 14.9. The number of pyridine rings is 1. The first-order chi connectivity index (χ1) is 13.6. The van der Waals surface area contributed by atoms with Crippen molar-refractivity contribution in [3.63, 3.8) is 0 Å². The van der Waals surface area contributed by atoms with Gasteiger partial charge in [-0.15, -0.1) is 0 Å². The SMILES string of the molecule is NS(=O)(=O)c1ccc(N2CC[C@@H](NC(=O)NS(=O)(=O)c3ccccc3Cl)C2)nc1. The van der Waals surface area contributed by atoms with Gasteiger partial charge >= 0.3 is 6.03 Å². The number of nitrogens with zero attached hydrogens (tertiary/aromatic N) is 2. The highest BCUT2D eigenvalue weighted by Crippen LogP contribution is 2.21. The summed E-state index contributed by atoms with van der Waals surface area (Å²) in [5.74, 6) is 0.519. The Bertz CT molecular complexity index is 1120. The van der Waals surface area contributed by atoms with Gasteiger partial charge in [0.15, 0.2) is 0 Å². The molecular weight excluding hydrogens is 442 g/mol. The van der Waals surface area contributed by atoms with Crippen LogP contribution in [0.4, 0.5) is 10.6 Å². The number of urea groups is 1. The number of nitrogens with one attached hydrogen (secondary N) is 2. The van der Waals surface area contributed by atoms with E-state index in [-0.39, 0.29) is 20.9 Å². The number of carbonyl (C=O) groups is 1.